The number of carbonyl (C=O) groups excluding carboxylic acids is 1. The standard InChI is InChI=1S/C20H21NO2S/c1-3-5-11-19(21-23-20(22)4-2)16-12-14-18(15-13-16)24-17-9-7-6-8-10-17/h3,6-10,12-15H,1,4-5,11H2,2H3. The fraction of sp³-hybridized carbons (Fsp3) is 0.200. The van der Waals surface area contributed by atoms with Crippen molar-refractivity contribution in [3.63, 3.8) is 0 Å². The number of carbonyl (C=O) groups is 1. The molecule has 0 N–H and O–H groups in total. The van der Waals surface area contributed by atoms with Gasteiger partial charge in [0, 0.05) is 16.2 Å². The molecule has 2 aromatic rings. The number of rotatable bonds is 8. The molecule has 4 heteroatoms. The first-order chi connectivity index (χ1) is 11.7. The number of nitrogens with zero attached hydrogens (tertiary/aromatic N) is 1. The van der Waals surface area contributed by atoms with Crippen LogP contribution in [0.25, 0.3) is 0 Å². The van der Waals surface area contributed by atoms with E-state index in [1.54, 1.807) is 18.7 Å². The summed E-state index contributed by atoms with van der Waals surface area (Å²) < 4.78 is 0. The van der Waals surface area contributed by atoms with Crippen LogP contribution < -0.4 is 0 Å². The molecule has 0 radical (unpaired) electrons. The van der Waals surface area contributed by atoms with Crippen molar-refractivity contribution in [3.05, 3.63) is 72.8 Å². The molecule has 0 saturated carbocycles. The van der Waals surface area contributed by atoms with Crippen molar-refractivity contribution in [3.8, 4) is 0 Å². The fourth-order valence-electron chi connectivity index (χ4n) is 1.99. The molecule has 0 heterocycles. The average Bonchev–Trinajstić information content (AvgIpc) is 2.63. The SMILES string of the molecule is C=CCCC(=NOC(=O)CC)c1ccc(Sc2ccccc2)cc1. The Labute approximate surface area is 147 Å². The molecule has 24 heavy (non-hydrogen) atoms. The van der Waals surface area contributed by atoms with Gasteiger partial charge in [0.1, 0.15) is 0 Å². The van der Waals surface area contributed by atoms with Crippen LogP contribution in [0.4, 0.5) is 0 Å². The molecule has 0 unspecified atom stereocenters. The van der Waals surface area contributed by atoms with Crippen molar-refractivity contribution in [2.75, 3.05) is 0 Å². The van der Waals surface area contributed by atoms with Gasteiger partial charge in [-0.25, -0.2) is 4.79 Å². The zero-order valence-corrected chi connectivity index (χ0v) is 14.6. The molecule has 0 amide bonds. The summed E-state index contributed by atoms with van der Waals surface area (Å²) in [4.78, 5) is 18.6. The molecular formula is C20H21NO2S. The van der Waals surface area contributed by atoms with E-state index < -0.39 is 0 Å². The maximum absolute atomic E-state index is 11.3. The third-order valence-electron chi connectivity index (χ3n) is 3.30. The Kier molecular flexibility index (Phi) is 7.30. The lowest BCUT2D eigenvalue weighted by molar-refractivity contribution is -0.143. The molecule has 2 aromatic carbocycles. The second-order valence-corrected chi connectivity index (χ2v) is 6.27. The molecule has 0 aromatic heterocycles. The highest BCUT2D eigenvalue weighted by Crippen LogP contribution is 2.27. The number of hydrogen-bond acceptors (Lipinski definition) is 4. The van der Waals surface area contributed by atoms with Gasteiger partial charge in [0.05, 0.1) is 5.71 Å². The maximum atomic E-state index is 11.3. The van der Waals surface area contributed by atoms with E-state index in [1.165, 1.54) is 4.90 Å². The molecule has 0 aliphatic carbocycles. The first-order valence-corrected chi connectivity index (χ1v) is 8.75. The zero-order valence-electron chi connectivity index (χ0n) is 13.8. The van der Waals surface area contributed by atoms with Gasteiger partial charge in [0.25, 0.3) is 0 Å². The van der Waals surface area contributed by atoms with Gasteiger partial charge in [-0.3, -0.25) is 0 Å². The van der Waals surface area contributed by atoms with E-state index >= 15 is 0 Å². The highest BCUT2D eigenvalue weighted by atomic mass is 32.2. The summed E-state index contributed by atoms with van der Waals surface area (Å²) in [6, 6.07) is 18.3. The van der Waals surface area contributed by atoms with E-state index in [0.29, 0.717) is 12.8 Å². The summed E-state index contributed by atoms with van der Waals surface area (Å²) >= 11 is 1.71. The van der Waals surface area contributed by atoms with Crippen LogP contribution in [0.15, 0.2) is 82.2 Å². The third-order valence-corrected chi connectivity index (χ3v) is 4.31. The Hall–Kier alpha value is -2.33. The van der Waals surface area contributed by atoms with E-state index in [1.807, 2.05) is 36.4 Å². The summed E-state index contributed by atoms with van der Waals surface area (Å²) in [6.07, 6.45) is 3.61. The molecule has 0 aliphatic heterocycles. The van der Waals surface area contributed by atoms with E-state index in [4.69, 9.17) is 4.84 Å². The summed E-state index contributed by atoms with van der Waals surface area (Å²) in [5, 5.41) is 4.03. The minimum absolute atomic E-state index is 0.310. The van der Waals surface area contributed by atoms with E-state index in [0.717, 1.165) is 22.6 Å². The van der Waals surface area contributed by atoms with Crippen molar-refractivity contribution >= 4 is 23.4 Å². The molecule has 0 spiro atoms. The van der Waals surface area contributed by atoms with Crippen molar-refractivity contribution in [2.24, 2.45) is 5.16 Å². The highest BCUT2D eigenvalue weighted by molar-refractivity contribution is 7.99. The van der Waals surface area contributed by atoms with Gasteiger partial charge in [0.2, 0.25) is 0 Å². The molecule has 0 fully saturated rings. The molecular weight excluding hydrogens is 318 g/mol. The molecule has 0 aliphatic rings. The monoisotopic (exact) mass is 339 g/mol. The first kappa shape index (κ1) is 18.0. The predicted molar refractivity (Wildman–Crippen MR) is 99.4 cm³/mol. The topological polar surface area (TPSA) is 38.7 Å². The Morgan fingerprint density at radius 3 is 2.42 bits per heavy atom. The lowest BCUT2D eigenvalue weighted by atomic mass is 10.1. The molecule has 2 rings (SSSR count). The van der Waals surface area contributed by atoms with Crippen molar-refractivity contribution in [2.45, 2.75) is 36.0 Å². The van der Waals surface area contributed by atoms with Gasteiger partial charge in [-0.15, -0.1) is 6.58 Å². The summed E-state index contributed by atoms with van der Waals surface area (Å²) in [6.45, 7) is 5.48. The Morgan fingerprint density at radius 1 is 1.12 bits per heavy atom. The number of allylic oxidation sites excluding steroid dienone is 1. The van der Waals surface area contributed by atoms with Crippen LogP contribution in [0.2, 0.25) is 0 Å². The highest BCUT2D eigenvalue weighted by Gasteiger charge is 2.07. The normalized spacial score (nSPS) is 11.1. The second-order valence-electron chi connectivity index (χ2n) is 5.12. The van der Waals surface area contributed by atoms with Crippen LogP contribution in [0.5, 0.6) is 0 Å². The lowest BCUT2D eigenvalue weighted by Gasteiger charge is -2.07. The Bertz CT molecular complexity index is 693. The van der Waals surface area contributed by atoms with Crippen molar-refractivity contribution in [1.82, 2.24) is 0 Å². The molecule has 124 valence electrons. The number of benzene rings is 2. The van der Waals surface area contributed by atoms with Crippen LogP contribution in [-0.4, -0.2) is 11.7 Å². The van der Waals surface area contributed by atoms with E-state index in [2.05, 4.69) is 36.0 Å². The van der Waals surface area contributed by atoms with Gasteiger partial charge in [-0.1, -0.05) is 60.2 Å². The van der Waals surface area contributed by atoms with E-state index in [-0.39, 0.29) is 5.97 Å². The molecule has 0 bridgehead atoms. The predicted octanol–water partition coefficient (Wildman–Crippen LogP) is 5.46. The van der Waals surface area contributed by atoms with Crippen LogP contribution >= 0.6 is 11.8 Å². The van der Waals surface area contributed by atoms with Crippen LogP contribution in [0.1, 0.15) is 31.7 Å². The third kappa shape index (κ3) is 5.70. The quantitative estimate of drug-likeness (QED) is 0.277. The Morgan fingerprint density at radius 2 is 1.79 bits per heavy atom. The number of oxime groups is 1. The first-order valence-electron chi connectivity index (χ1n) is 7.94. The van der Waals surface area contributed by atoms with Gasteiger partial charge in [-0.2, -0.15) is 0 Å². The number of hydrogen-bond donors (Lipinski definition) is 0. The largest absolute Gasteiger partial charge is 0.334 e. The lowest BCUT2D eigenvalue weighted by Crippen LogP contribution is -2.05. The molecule has 0 atom stereocenters. The second kappa shape index (κ2) is 9.73. The van der Waals surface area contributed by atoms with Crippen LogP contribution in [0, 0.1) is 0 Å². The van der Waals surface area contributed by atoms with Gasteiger partial charge in [0.15, 0.2) is 0 Å². The minimum Gasteiger partial charge on any atom is -0.318 e. The van der Waals surface area contributed by atoms with Crippen LogP contribution in [0.3, 0.4) is 0 Å². The molecule has 0 saturated heterocycles. The molecule has 3 nitrogen and oxygen atoms in total. The van der Waals surface area contributed by atoms with E-state index in [9.17, 15) is 4.79 Å². The van der Waals surface area contributed by atoms with Gasteiger partial charge < -0.3 is 4.84 Å². The van der Waals surface area contributed by atoms with Crippen molar-refractivity contribution in [1.29, 1.82) is 0 Å². The minimum atomic E-state index is -0.331. The summed E-state index contributed by atoms with van der Waals surface area (Å²) in [5.41, 5.74) is 1.71. The van der Waals surface area contributed by atoms with Gasteiger partial charge >= 0.3 is 5.97 Å². The smallest absolute Gasteiger partial charge is 0.318 e. The maximum Gasteiger partial charge on any atom is 0.334 e. The Balaban J connectivity index is 2.12. The fourth-order valence-corrected chi connectivity index (χ4v) is 2.83. The summed E-state index contributed by atoms with van der Waals surface area (Å²) in [7, 11) is 0. The van der Waals surface area contributed by atoms with Gasteiger partial charge in [-0.05, 0) is 42.7 Å². The van der Waals surface area contributed by atoms with Crippen molar-refractivity contribution < 1.29 is 9.63 Å². The zero-order chi connectivity index (χ0) is 17.2. The average molecular weight is 339 g/mol. The summed E-state index contributed by atoms with van der Waals surface area (Å²) in [5.74, 6) is -0.331. The van der Waals surface area contributed by atoms with Crippen LogP contribution in [-0.2, 0) is 9.63 Å².